The first-order chi connectivity index (χ1) is 14.6. The van der Waals surface area contributed by atoms with Gasteiger partial charge in [-0.15, -0.1) is 0 Å². The van der Waals surface area contributed by atoms with E-state index < -0.39 is 11.5 Å². The number of carbonyl (C=O) groups excluding carboxylic acids is 2. The zero-order chi connectivity index (χ0) is 22.6. The molecule has 3 rings (SSSR count). The Morgan fingerprint density at radius 2 is 1.71 bits per heavy atom. The molecule has 5 nitrogen and oxygen atoms in total. The Hall–Kier alpha value is -1.95. The average molecular weight is 432 g/mol. The molecule has 3 N–H and O–H groups in total. The smallest absolute Gasteiger partial charge is 0.239 e. The van der Waals surface area contributed by atoms with Gasteiger partial charge in [-0.1, -0.05) is 31.4 Å². The summed E-state index contributed by atoms with van der Waals surface area (Å²) in [4.78, 5) is 28.2. The van der Waals surface area contributed by atoms with E-state index >= 15 is 0 Å². The summed E-state index contributed by atoms with van der Waals surface area (Å²) in [6, 6.07) is 5.46. The molecule has 0 unspecified atom stereocenters. The monoisotopic (exact) mass is 431 g/mol. The van der Waals surface area contributed by atoms with Crippen LogP contribution in [0.4, 0.5) is 4.39 Å². The van der Waals surface area contributed by atoms with Gasteiger partial charge in [0.25, 0.3) is 0 Å². The van der Waals surface area contributed by atoms with Crippen LogP contribution in [-0.2, 0) is 16.0 Å². The Labute approximate surface area is 185 Å². The van der Waals surface area contributed by atoms with Crippen molar-refractivity contribution < 1.29 is 14.0 Å². The van der Waals surface area contributed by atoms with Crippen LogP contribution >= 0.6 is 0 Å². The van der Waals surface area contributed by atoms with Crippen LogP contribution in [-0.4, -0.2) is 41.4 Å². The Kier molecular flexibility index (Phi) is 7.40. The molecule has 1 atom stereocenters. The third-order valence-electron chi connectivity index (χ3n) is 6.98. The van der Waals surface area contributed by atoms with E-state index in [0.29, 0.717) is 38.3 Å². The van der Waals surface area contributed by atoms with Crippen molar-refractivity contribution in [3.05, 3.63) is 35.6 Å². The number of hydrogen-bond acceptors (Lipinski definition) is 3. The Morgan fingerprint density at radius 1 is 1.13 bits per heavy atom. The highest BCUT2D eigenvalue weighted by Crippen LogP contribution is 2.46. The minimum Gasteiger partial charge on any atom is -0.351 e. The predicted octanol–water partition coefficient (Wildman–Crippen LogP) is 3.80. The van der Waals surface area contributed by atoms with Crippen molar-refractivity contribution in [2.45, 2.75) is 83.7 Å². The zero-order valence-corrected chi connectivity index (χ0v) is 19.3. The number of likely N-dealkylation sites (tertiary alicyclic amines) is 1. The summed E-state index contributed by atoms with van der Waals surface area (Å²) in [5.41, 5.74) is 6.38. The van der Waals surface area contributed by atoms with Gasteiger partial charge in [-0.05, 0) is 76.5 Å². The lowest BCUT2D eigenvalue weighted by molar-refractivity contribution is -0.146. The second-order valence-corrected chi connectivity index (χ2v) is 10.5. The number of nitrogens with one attached hydrogen (secondary N) is 1. The maximum atomic E-state index is 13.4. The molecule has 1 aromatic carbocycles. The third kappa shape index (κ3) is 5.85. The second kappa shape index (κ2) is 9.68. The number of rotatable bonds is 5. The average Bonchev–Trinajstić information content (AvgIpc) is 2.74. The van der Waals surface area contributed by atoms with Crippen molar-refractivity contribution in [3.63, 3.8) is 0 Å². The van der Waals surface area contributed by atoms with Crippen LogP contribution in [0.25, 0.3) is 0 Å². The third-order valence-corrected chi connectivity index (χ3v) is 6.98. The van der Waals surface area contributed by atoms with Gasteiger partial charge in [0, 0.05) is 18.6 Å². The lowest BCUT2D eigenvalue weighted by Gasteiger charge is -2.48. The maximum Gasteiger partial charge on any atom is 0.239 e. The number of piperidine rings is 1. The van der Waals surface area contributed by atoms with Gasteiger partial charge in [-0.2, -0.15) is 0 Å². The molecule has 2 fully saturated rings. The molecule has 31 heavy (non-hydrogen) atoms. The van der Waals surface area contributed by atoms with Crippen LogP contribution in [0.5, 0.6) is 0 Å². The summed E-state index contributed by atoms with van der Waals surface area (Å²) >= 11 is 0. The van der Waals surface area contributed by atoms with Gasteiger partial charge in [0.15, 0.2) is 0 Å². The van der Waals surface area contributed by atoms with Gasteiger partial charge < -0.3 is 16.0 Å². The van der Waals surface area contributed by atoms with Crippen molar-refractivity contribution in [2.24, 2.45) is 17.1 Å². The van der Waals surface area contributed by atoms with E-state index in [1.807, 2.05) is 25.7 Å². The van der Waals surface area contributed by atoms with Gasteiger partial charge >= 0.3 is 0 Å². The SMILES string of the molecule is CC(C)(C)NC(=O)C1(C2CCCCC2)CCN(C(=O)[C@H](N)Cc2ccc(F)cc2)CC1. The lowest BCUT2D eigenvalue weighted by Crippen LogP contribution is -2.58. The number of carbonyl (C=O) groups is 2. The fraction of sp³-hybridized carbons (Fsp3) is 0.680. The minimum absolute atomic E-state index is 0.0854. The van der Waals surface area contributed by atoms with E-state index in [1.165, 1.54) is 31.4 Å². The quantitative estimate of drug-likeness (QED) is 0.745. The zero-order valence-electron chi connectivity index (χ0n) is 19.3. The lowest BCUT2D eigenvalue weighted by atomic mass is 9.63. The summed E-state index contributed by atoms with van der Waals surface area (Å²) < 4.78 is 13.1. The number of halogens is 1. The van der Waals surface area contributed by atoms with E-state index in [2.05, 4.69) is 5.32 Å². The van der Waals surface area contributed by atoms with Gasteiger partial charge in [-0.25, -0.2) is 4.39 Å². The highest BCUT2D eigenvalue weighted by atomic mass is 19.1. The molecule has 6 heteroatoms. The molecule has 1 aliphatic heterocycles. The topological polar surface area (TPSA) is 75.4 Å². The highest BCUT2D eigenvalue weighted by Gasteiger charge is 2.48. The first-order valence-corrected chi connectivity index (χ1v) is 11.7. The summed E-state index contributed by atoms with van der Waals surface area (Å²) in [5, 5.41) is 3.23. The van der Waals surface area contributed by atoms with Crippen LogP contribution in [0.1, 0.15) is 71.3 Å². The van der Waals surface area contributed by atoms with Gasteiger partial charge in [-0.3, -0.25) is 9.59 Å². The van der Waals surface area contributed by atoms with E-state index in [9.17, 15) is 14.0 Å². The van der Waals surface area contributed by atoms with E-state index in [-0.39, 0.29) is 23.2 Å². The Balaban J connectivity index is 1.67. The molecule has 0 aromatic heterocycles. The highest BCUT2D eigenvalue weighted by molar-refractivity contribution is 5.85. The standard InChI is InChI=1S/C25H38FN3O2/c1-24(2,3)28-23(31)25(19-7-5-4-6-8-19)13-15-29(16-14-25)22(30)21(27)17-18-9-11-20(26)12-10-18/h9-12,19,21H,4-8,13-17,27H2,1-3H3,(H,28,31)/t21-/m1/s1. The molecule has 2 aliphatic rings. The molecule has 1 saturated heterocycles. The normalized spacial score (nSPS) is 20.9. The fourth-order valence-corrected chi connectivity index (χ4v) is 5.26. The summed E-state index contributed by atoms with van der Waals surface area (Å²) in [7, 11) is 0. The molecule has 2 amide bonds. The summed E-state index contributed by atoms with van der Waals surface area (Å²) in [6.45, 7) is 7.18. The van der Waals surface area contributed by atoms with E-state index in [4.69, 9.17) is 5.73 Å². The molecule has 1 heterocycles. The number of hydrogen-bond donors (Lipinski definition) is 2. The van der Waals surface area contributed by atoms with Gasteiger partial charge in [0.2, 0.25) is 11.8 Å². The van der Waals surface area contributed by atoms with Gasteiger partial charge in [0.1, 0.15) is 5.82 Å². The van der Waals surface area contributed by atoms with Crippen molar-refractivity contribution in [1.82, 2.24) is 10.2 Å². The molecular weight excluding hydrogens is 393 g/mol. The van der Waals surface area contributed by atoms with Crippen molar-refractivity contribution in [1.29, 1.82) is 0 Å². The van der Waals surface area contributed by atoms with Crippen LogP contribution in [0.15, 0.2) is 24.3 Å². The molecular formula is C25H38FN3O2. The van der Waals surface area contributed by atoms with Crippen LogP contribution in [0.2, 0.25) is 0 Å². The minimum atomic E-state index is -0.656. The van der Waals surface area contributed by atoms with Crippen molar-refractivity contribution in [2.75, 3.05) is 13.1 Å². The molecule has 1 aliphatic carbocycles. The fourth-order valence-electron chi connectivity index (χ4n) is 5.26. The van der Waals surface area contributed by atoms with Crippen LogP contribution < -0.4 is 11.1 Å². The molecule has 1 saturated carbocycles. The van der Waals surface area contributed by atoms with E-state index in [0.717, 1.165) is 18.4 Å². The summed E-state index contributed by atoms with van der Waals surface area (Å²) in [5.74, 6) is 0.147. The molecule has 172 valence electrons. The molecule has 0 spiro atoms. The second-order valence-electron chi connectivity index (χ2n) is 10.5. The first kappa shape index (κ1) is 23.7. The van der Waals surface area contributed by atoms with Crippen LogP contribution in [0, 0.1) is 17.2 Å². The number of nitrogens with two attached hydrogens (primary N) is 1. The molecule has 0 radical (unpaired) electrons. The predicted molar refractivity (Wildman–Crippen MR) is 121 cm³/mol. The van der Waals surface area contributed by atoms with Crippen molar-refractivity contribution >= 4 is 11.8 Å². The number of nitrogens with zero attached hydrogens (tertiary/aromatic N) is 1. The van der Waals surface area contributed by atoms with Crippen LogP contribution in [0.3, 0.4) is 0 Å². The van der Waals surface area contributed by atoms with E-state index in [1.54, 1.807) is 12.1 Å². The van der Waals surface area contributed by atoms with Gasteiger partial charge in [0.05, 0.1) is 11.5 Å². The summed E-state index contributed by atoms with van der Waals surface area (Å²) in [6.07, 6.45) is 7.55. The number of benzene rings is 1. The maximum absolute atomic E-state index is 13.4. The largest absolute Gasteiger partial charge is 0.351 e. The van der Waals surface area contributed by atoms with Crippen molar-refractivity contribution in [3.8, 4) is 0 Å². The molecule has 0 bridgehead atoms. The molecule has 1 aromatic rings. The first-order valence-electron chi connectivity index (χ1n) is 11.7. The Bertz CT molecular complexity index is 758. The number of amides is 2. The Morgan fingerprint density at radius 3 is 2.26 bits per heavy atom.